The molecule has 116 valence electrons. The van der Waals surface area contributed by atoms with Crippen molar-refractivity contribution in [3.05, 3.63) is 33.3 Å². The highest BCUT2D eigenvalue weighted by molar-refractivity contribution is 6.32. The molecule has 0 amide bonds. The lowest BCUT2D eigenvalue weighted by atomic mass is 10.2. The highest BCUT2D eigenvalue weighted by Gasteiger charge is 2.17. The van der Waals surface area contributed by atoms with Crippen LogP contribution in [0, 0.1) is 10.1 Å². The average molecular weight is 317 g/mol. The van der Waals surface area contributed by atoms with Gasteiger partial charge in [-0.25, -0.2) is 0 Å². The fourth-order valence-electron chi connectivity index (χ4n) is 1.64. The van der Waals surface area contributed by atoms with E-state index in [9.17, 15) is 14.9 Å². The molecular formula is C13H17ClN2O5. The van der Waals surface area contributed by atoms with Gasteiger partial charge in [-0.05, 0) is 19.0 Å². The van der Waals surface area contributed by atoms with Gasteiger partial charge in [0.25, 0.3) is 5.69 Å². The summed E-state index contributed by atoms with van der Waals surface area (Å²) in [5.41, 5.74) is -0.125. The van der Waals surface area contributed by atoms with Gasteiger partial charge < -0.3 is 15.2 Å². The molecule has 1 unspecified atom stereocenters. The molecule has 1 atom stereocenters. The Bertz CT molecular complexity index is 509. The Hall–Kier alpha value is -1.86. The van der Waals surface area contributed by atoms with E-state index in [1.54, 1.807) is 0 Å². The third-order valence-electron chi connectivity index (χ3n) is 2.73. The van der Waals surface area contributed by atoms with E-state index in [4.69, 9.17) is 21.4 Å². The molecule has 0 saturated heterocycles. The second-order valence-corrected chi connectivity index (χ2v) is 4.76. The van der Waals surface area contributed by atoms with Crippen LogP contribution < -0.4 is 10.1 Å². The largest absolute Gasteiger partial charge is 0.492 e. The molecule has 21 heavy (non-hydrogen) atoms. The normalized spacial score (nSPS) is 11.9. The Morgan fingerprint density at radius 2 is 2.29 bits per heavy atom. The number of non-ortho nitro benzene ring substituents is 1. The van der Waals surface area contributed by atoms with E-state index in [1.165, 1.54) is 18.2 Å². The minimum absolute atomic E-state index is 0.123. The first-order valence-corrected chi connectivity index (χ1v) is 6.86. The van der Waals surface area contributed by atoms with Crippen LogP contribution in [0.3, 0.4) is 0 Å². The third-order valence-corrected chi connectivity index (χ3v) is 3.02. The number of nitrogens with zero attached hydrogens (tertiary/aromatic N) is 1. The smallest absolute Gasteiger partial charge is 0.320 e. The van der Waals surface area contributed by atoms with Gasteiger partial charge in [-0.1, -0.05) is 18.5 Å². The van der Waals surface area contributed by atoms with Gasteiger partial charge >= 0.3 is 5.97 Å². The van der Waals surface area contributed by atoms with Crippen molar-refractivity contribution in [2.24, 2.45) is 0 Å². The van der Waals surface area contributed by atoms with Gasteiger partial charge in [0, 0.05) is 18.6 Å². The number of carbonyl (C=O) groups is 1. The van der Waals surface area contributed by atoms with E-state index < -0.39 is 16.9 Å². The molecule has 0 saturated carbocycles. The Labute approximate surface area is 127 Å². The summed E-state index contributed by atoms with van der Waals surface area (Å²) in [5.74, 6) is -0.649. The highest BCUT2D eigenvalue weighted by atomic mass is 35.5. The van der Waals surface area contributed by atoms with Crippen molar-refractivity contribution in [2.75, 3.05) is 13.2 Å². The Morgan fingerprint density at radius 3 is 2.81 bits per heavy atom. The molecule has 0 bridgehead atoms. The number of carboxylic acid groups (broad SMARTS) is 1. The first kappa shape index (κ1) is 17.2. The van der Waals surface area contributed by atoms with Crippen molar-refractivity contribution in [1.29, 1.82) is 0 Å². The molecule has 0 radical (unpaired) electrons. The van der Waals surface area contributed by atoms with Crippen LogP contribution in [-0.2, 0) is 4.79 Å². The quantitative estimate of drug-likeness (QED) is 0.536. The summed E-state index contributed by atoms with van der Waals surface area (Å²) in [7, 11) is 0. The predicted octanol–water partition coefficient (Wildman–Crippen LogP) is 2.47. The first-order chi connectivity index (χ1) is 9.95. The fraction of sp³-hybridized carbons (Fsp3) is 0.462. The number of halogens is 1. The number of nitro groups is 1. The molecule has 8 heteroatoms. The maximum atomic E-state index is 11.0. The summed E-state index contributed by atoms with van der Waals surface area (Å²) >= 11 is 5.87. The van der Waals surface area contributed by atoms with Crippen LogP contribution in [0.2, 0.25) is 5.02 Å². The van der Waals surface area contributed by atoms with Crippen LogP contribution in [0.4, 0.5) is 5.69 Å². The topological polar surface area (TPSA) is 102 Å². The molecule has 0 aliphatic carbocycles. The number of aliphatic carboxylic acids is 1. The lowest BCUT2D eigenvalue weighted by Crippen LogP contribution is -2.38. The lowest BCUT2D eigenvalue weighted by Gasteiger charge is -2.14. The van der Waals surface area contributed by atoms with Crippen LogP contribution in [-0.4, -0.2) is 35.2 Å². The van der Waals surface area contributed by atoms with Gasteiger partial charge in [-0.3, -0.25) is 14.9 Å². The molecule has 1 aromatic rings. The monoisotopic (exact) mass is 316 g/mol. The van der Waals surface area contributed by atoms with Crippen molar-refractivity contribution in [3.8, 4) is 5.75 Å². The second-order valence-electron chi connectivity index (χ2n) is 4.35. The van der Waals surface area contributed by atoms with Crippen LogP contribution in [0.15, 0.2) is 18.2 Å². The van der Waals surface area contributed by atoms with Crippen molar-refractivity contribution in [3.63, 3.8) is 0 Å². The zero-order valence-electron chi connectivity index (χ0n) is 11.5. The van der Waals surface area contributed by atoms with Crippen LogP contribution >= 0.6 is 11.6 Å². The third kappa shape index (κ3) is 5.57. The molecule has 0 aromatic heterocycles. The number of hydrogen-bond acceptors (Lipinski definition) is 5. The van der Waals surface area contributed by atoms with E-state index in [2.05, 4.69) is 5.32 Å². The minimum Gasteiger partial charge on any atom is -0.492 e. The molecule has 2 N–H and O–H groups in total. The Kier molecular flexibility index (Phi) is 6.90. The zero-order valence-corrected chi connectivity index (χ0v) is 12.3. The number of ether oxygens (including phenoxy) is 1. The molecular weight excluding hydrogens is 300 g/mol. The van der Waals surface area contributed by atoms with E-state index >= 15 is 0 Å². The molecule has 0 aliphatic heterocycles. The molecule has 0 aliphatic rings. The second kappa shape index (κ2) is 8.43. The maximum Gasteiger partial charge on any atom is 0.320 e. The summed E-state index contributed by atoms with van der Waals surface area (Å²) in [6, 6.07) is 3.18. The predicted molar refractivity (Wildman–Crippen MR) is 77.9 cm³/mol. The summed E-state index contributed by atoms with van der Waals surface area (Å²) in [6.45, 7) is 2.69. The number of carboxylic acids is 1. The van der Waals surface area contributed by atoms with Crippen LogP contribution in [0.25, 0.3) is 0 Å². The van der Waals surface area contributed by atoms with Crippen molar-refractivity contribution >= 4 is 23.3 Å². The molecule has 1 aromatic carbocycles. The number of nitrogens with one attached hydrogen (secondary N) is 1. The van der Waals surface area contributed by atoms with Crippen LogP contribution in [0.5, 0.6) is 5.75 Å². The average Bonchev–Trinajstić information content (AvgIpc) is 2.43. The van der Waals surface area contributed by atoms with Crippen molar-refractivity contribution in [2.45, 2.75) is 25.8 Å². The summed E-state index contributed by atoms with van der Waals surface area (Å²) in [4.78, 5) is 21.0. The Balaban J connectivity index is 2.54. The molecule has 0 fully saturated rings. The molecule has 0 spiro atoms. The van der Waals surface area contributed by atoms with E-state index in [1.807, 2.05) is 6.92 Å². The number of hydrogen-bond donors (Lipinski definition) is 2. The van der Waals surface area contributed by atoms with E-state index in [-0.39, 0.29) is 23.7 Å². The van der Waals surface area contributed by atoms with Gasteiger partial charge in [-0.15, -0.1) is 0 Å². The fourth-order valence-corrected chi connectivity index (χ4v) is 1.87. The summed E-state index contributed by atoms with van der Waals surface area (Å²) < 4.78 is 5.37. The highest BCUT2D eigenvalue weighted by Crippen LogP contribution is 2.28. The van der Waals surface area contributed by atoms with Gasteiger partial charge in [0.15, 0.2) is 0 Å². The SMILES string of the molecule is CCCNC(CCOc1ccc([N+](=O)[O-])cc1Cl)C(=O)O. The van der Waals surface area contributed by atoms with Crippen LogP contribution in [0.1, 0.15) is 19.8 Å². The number of rotatable bonds is 9. The molecule has 1 rings (SSSR count). The summed E-state index contributed by atoms with van der Waals surface area (Å²) in [5, 5.41) is 22.6. The first-order valence-electron chi connectivity index (χ1n) is 6.48. The standard InChI is InChI=1S/C13H17ClN2O5/c1-2-6-15-11(13(17)18)5-7-21-12-4-3-9(16(19)20)8-10(12)14/h3-4,8,11,15H,2,5-7H2,1H3,(H,17,18). The van der Waals surface area contributed by atoms with E-state index in [0.29, 0.717) is 12.3 Å². The van der Waals surface area contributed by atoms with Gasteiger partial charge in [0.2, 0.25) is 0 Å². The number of benzene rings is 1. The van der Waals surface area contributed by atoms with Gasteiger partial charge in [-0.2, -0.15) is 0 Å². The minimum atomic E-state index is -0.943. The van der Waals surface area contributed by atoms with Crippen molar-refractivity contribution < 1.29 is 19.6 Å². The molecule has 0 heterocycles. The number of nitro benzene ring substituents is 1. The van der Waals surface area contributed by atoms with Gasteiger partial charge in [0.1, 0.15) is 11.8 Å². The molecule has 7 nitrogen and oxygen atoms in total. The summed E-state index contributed by atoms with van der Waals surface area (Å²) in [6.07, 6.45) is 1.10. The van der Waals surface area contributed by atoms with Gasteiger partial charge in [0.05, 0.1) is 16.6 Å². The lowest BCUT2D eigenvalue weighted by molar-refractivity contribution is -0.384. The Morgan fingerprint density at radius 1 is 1.57 bits per heavy atom. The van der Waals surface area contributed by atoms with Crippen molar-refractivity contribution in [1.82, 2.24) is 5.32 Å². The zero-order chi connectivity index (χ0) is 15.8. The maximum absolute atomic E-state index is 11.0. The van der Waals surface area contributed by atoms with E-state index in [0.717, 1.165) is 6.42 Å².